The summed E-state index contributed by atoms with van der Waals surface area (Å²) in [4.78, 5) is 1.43. The molecule has 1 aliphatic rings. The van der Waals surface area contributed by atoms with Crippen LogP contribution in [0.4, 0.5) is 4.39 Å². The minimum Gasteiger partial charge on any atom is -0.309 e. The van der Waals surface area contributed by atoms with Crippen molar-refractivity contribution in [1.29, 1.82) is 0 Å². The van der Waals surface area contributed by atoms with Crippen LogP contribution in [0.3, 0.4) is 0 Å². The van der Waals surface area contributed by atoms with Gasteiger partial charge in [-0.05, 0) is 54.8 Å². The monoisotopic (exact) mass is 303 g/mol. The van der Waals surface area contributed by atoms with E-state index in [1.807, 2.05) is 23.5 Å². The molecule has 0 amide bonds. The largest absolute Gasteiger partial charge is 0.309 e. The van der Waals surface area contributed by atoms with Crippen molar-refractivity contribution < 1.29 is 4.39 Å². The number of nitrogens with one attached hydrogen (secondary N) is 1. The van der Waals surface area contributed by atoms with Crippen molar-refractivity contribution in [3.05, 3.63) is 58.0 Å². The summed E-state index contributed by atoms with van der Waals surface area (Å²) in [6.45, 7) is 0.833. The van der Waals surface area contributed by atoms with Gasteiger partial charge in [-0.2, -0.15) is 0 Å². The predicted octanol–water partition coefficient (Wildman–Crippen LogP) is 4.95. The summed E-state index contributed by atoms with van der Waals surface area (Å²) in [7, 11) is 0. The molecule has 3 rings (SSSR count). The Bertz CT molecular complexity index is 546. The lowest BCUT2D eigenvalue weighted by Crippen LogP contribution is -2.28. The highest BCUT2D eigenvalue weighted by molar-refractivity contribution is 7.10. The Hall–Kier alpha value is -1.19. The van der Waals surface area contributed by atoms with Gasteiger partial charge in [0.2, 0.25) is 0 Å². The molecule has 1 aromatic heterocycles. The lowest BCUT2D eigenvalue weighted by molar-refractivity contribution is 0.374. The normalized spacial score (nSPS) is 17.2. The lowest BCUT2D eigenvalue weighted by atomic mass is 9.96. The quantitative estimate of drug-likeness (QED) is 0.796. The number of benzene rings is 1. The molecule has 1 heterocycles. The topological polar surface area (TPSA) is 12.0 Å². The third-order valence-corrected chi connectivity index (χ3v) is 5.39. The highest BCUT2D eigenvalue weighted by Crippen LogP contribution is 2.37. The SMILES string of the molecule is Fc1ccccc1CCNC(c1cccs1)C1CCCC1. The first-order chi connectivity index (χ1) is 10.3. The van der Waals surface area contributed by atoms with Crippen molar-refractivity contribution in [1.82, 2.24) is 5.32 Å². The molecule has 1 saturated carbocycles. The maximum Gasteiger partial charge on any atom is 0.126 e. The number of hydrogen-bond donors (Lipinski definition) is 1. The van der Waals surface area contributed by atoms with Gasteiger partial charge < -0.3 is 5.32 Å². The summed E-state index contributed by atoms with van der Waals surface area (Å²) >= 11 is 1.83. The maximum atomic E-state index is 13.7. The van der Waals surface area contributed by atoms with Gasteiger partial charge in [-0.15, -0.1) is 11.3 Å². The third-order valence-electron chi connectivity index (χ3n) is 4.44. The van der Waals surface area contributed by atoms with E-state index in [0.717, 1.165) is 24.4 Å². The Labute approximate surface area is 130 Å². The van der Waals surface area contributed by atoms with E-state index >= 15 is 0 Å². The molecule has 0 radical (unpaired) electrons. The van der Waals surface area contributed by atoms with Gasteiger partial charge in [0, 0.05) is 10.9 Å². The molecule has 3 heteroatoms. The van der Waals surface area contributed by atoms with Gasteiger partial charge in [0.1, 0.15) is 5.82 Å². The summed E-state index contributed by atoms with van der Waals surface area (Å²) in [5, 5.41) is 5.83. The highest BCUT2D eigenvalue weighted by Gasteiger charge is 2.26. The fourth-order valence-corrected chi connectivity index (χ4v) is 4.22. The fraction of sp³-hybridized carbons (Fsp3) is 0.444. The smallest absolute Gasteiger partial charge is 0.126 e. The number of hydrogen-bond acceptors (Lipinski definition) is 2. The molecule has 112 valence electrons. The molecule has 0 bridgehead atoms. The van der Waals surface area contributed by atoms with Crippen molar-refractivity contribution in [2.24, 2.45) is 5.92 Å². The first kappa shape index (κ1) is 14.7. The number of rotatable bonds is 6. The Morgan fingerprint density at radius 1 is 1.14 bits per heavy atom. The summed E-state index contributed by atoms with van der Waals surface area (Å²) in [6, 6.07) is 11.9. The van der Waals surface area contributed by atoms with E-state index in [1.54, 1.807) is 12.1 Å². The molecule has 0 aliphatic heterocycles. The molecule has 1 aliphatic carbocycles. The predicted molar refractivity (Wildman–Crippen MR) is 87.1 cm³/mol. The van der Waals surface area contributed by atoms with E-state index in [4.69, 9.17) is 0 Å². The zero-order valence-corrected chi connectivity index (χ0v) is 13.0. The first-order valence-electron chi connectivity index (χ1n) is 7.85. The molecule has 2 aromatic rings. The number of thiophene rings is 1. The molecular formula is C18H22FNS. The summed E-state index contributed by atoms with van der Waals surface area (Å²) in [5.41, 5.74) is 0.807. The van der Waals surface area contributed by atoms with Gasteiger partial charge in [0.05, 0.1) is 0 Å². The Kier molecular flexibility index (Phi) is 5.04. The van der Waals surface area contributed by atoms with Crippen LogP contribution in [0, 0.1) is 11.7 Å². The molecule has 0 spiro atoms. The van der Waals surface area contributed by atoms with Crippen LogP contribution in [0.1, 0.15) is 42.2 Å². The van der Waals surface area contributed by atoms with Crippen molar-refractivity contribution in [2.75, 3.05) is 6.54 Å². The summed E-state index contributed by atoms with van der Waals surface area (Å²) in [6.07, 6.45) is 6.08. The lowest BCUT2D eigenvalue weighted by Gasteiger charge is -2.24. The molecule has 1 fully saturated rings. The van der Waals surface area contributed by atoms with Crippen LogP contribution < -0.4 is 5.32 Å². The van der Waals surface area contributed by atoms with E-state index in [1.165, 1.54) is 30.6 Å². The molecule has 0 saturated heterocycles. The second-order valence-corrected chi connectivity index (χ2v) is 6.81. The molecule has 21 heavy (non-hydrogen) atoms. The molecule has 1 atom stereocenters. The van der Waals surface area contributed by atoms with E-state index in [-0.39, 0.29) is 5.82 Å². The molecular weight excluding hydrogens is 281 g/mol. The minimum atomic E-state index is -0.0900. The number of halogens is 1. The summed E-state index contributed by atoms with van der Waals surface area (Å²) < 4.78 is 13.7. The Morgan fingerprint density at radius 3 is 2.67 bits per heavy atom. The summed E-state index contributed by atoms with van der Waals surface area (Å²) in [5.74, 6) is 0.650. The van der Waals surface area contributed by atoms with E-state index in [9.17, 15) is 4.39 Å². The van der Waals surface area contributed by atoms with E-state index < -0.39 is 0 Å². The van der Waals surface area contributed by atoms with Crippen LogP contribution in [0.5, 0.6) is 0 Å². The Balaban J connectivity index is 1.61. The molecule has 1 N–H and O–H groups in total. The molecule has 1 aromatic carbocycles. The highest BCUT2D eigenvalue weighted by atomic mass is 32.1. The van der Waals surface area contributed by atoms with Gasteiger partial charge in [0.25, 0.3) is 0 Å². The van der Waals surface area contributed by atoms with Crippen LogP contribution in [-0.2, 0) is 6.42 Å². The third kappa shape index (κ3) is 3.72. The van der Waals surface area contributed by atoms with Crippen molar-refractivity contribution >= 4 is 11.3 Å². The minimum absolute atomic E-state index is 0.0900. The molecule has 1 unspecified atom stereocenters. The first-order valence-corrected chi connectivity index (χ1v) is 8.73. The van der Waals surface area contributed by atoms with Crippen LogP contribution in [0.25, 0.3) is 0 Å². The average Bonchev–Trinajstić information content (AvgIpc) is 3.19. The van der Waals surface area contributed by atoms with Gasteiger partial charge in [-0.1, -0.05) is 37.1 Å². The van der Waals surface area contributed by atoms with Crippen LogP contribution in [0.2, 0.25) is 0 Å². The van der Waals surface area contributed by atoms with Gasteiger partial charge in [0.15, 0.2) is 0 Å². The Morgan fingerprint density at radius 2 is 1.95 bits per heavy atom. The van der Waals surface area contributed by atoms with Crippen molar-refractivity contribution in [2.45, 2.75) is 38.1 Å². The van der Waals surface area contributed by atoms with Gasteiger partial charge >= 0.3 is 0 Å². The van der Waals surface area contributed by atoms with Crippen molar-refractivity contribution in [3.63, 3.8) is 0 Å². The van der Waals surface area contributed by atoms with E-state index in [2.05, 4.69) is 22.8 Å². The zero-order valence-electron chi connectivity index (χ0n) is 12.2. The fourth-order valence-electron chi connectivity index (χ4n) is 3.32. The van der Waals surface area contributed by atoms with Gasteiger partial charge in [-0.25, -0.2) is 4.39 Å². The van der Waals surface area contributed by atoms with Crippen LogP contribution in [0.15, 0.2) is 41.8 Å². The second-order valence-electron chi connectivity index (χ2n) is 5.83. The second kappa shape index (κ2) is 7.19. The van der Waals surface area contributed by atoms with Crippen LogP contribution in [-0.4, -0.2) is 6.54 Å². The standard InChI is InChI=1S/C18H22FNS/c19-16-9-4-3-6-14(16)11-12-20-18(15-7-1-2-8-15)17-10-5-13-21-17/h3-6,9-10,13,15,18,20H,1-2,7-8,11-12H2. The van der Waals surface area contributed by atoms with Gasteiger partial charge in [-0.3, -0.25) is 0 Å². The average molecular weight is 303 g/mol. The van der Waals surface area contributed by atoms with Crippen LogP contribution >= 0.6 is 11.3 Å². The van der Waals surface area contributed by atoms with E-state index in [0.29, 0.717) is 6.04 Å². The zero-order chi connectivity index (χ0) is 14.5. The molecule has 1 nitrogen and oxygen atoms in total. The van der Waals surface area contributed by atoms with Crippen molar-refractivity contribution in [3.8, 4) is 0 Å². The maximum absolute atomic E-state index is 13.7.